The molecule has 0 saturated carbocycles. The van der Waals surface area contributed by atoms with Gasteiger partial charge in [-0.05, 0) is 24.6 Å². The second-order valence-electron chi connectivity index (χ2n) is 3.89. The Balaban J connectivity index is 2.18. The molecule has 0 radical (unpaired) electrons. The maximum Gasteiger partial charge on any atom is 0.253 e. The highest BCUT2D eigenvalue weighted by atomic mass is 16.3. The first-order valence-electron chi connectivity index (χ1n) is 5.18. The van der Waals surface area contributed by atoms with Gasteiger partial charge in [-0.3, -0.25) is 4.79 Å². The van der Waals surface area contributed by atoms with Gasteiger partial charge in [-0.15, -0.1) is 0 Å². The third-order valence-corrected chi connectivity index (χ3v) is 2.69. The standard InChI is InChI=1S/C12H12N2O2/c13-7-9-2-1-3-10(6-9)12(16)14-5-4-11(15)8-14/h1-3,6,11,15H,4-5,8H2/t11-/m1/s1. The maximum atomic E-state index is 12.0. The smallest absolute Gasteiger partial charge is 0.253 e. The molecule has 1 N–H and O–H groups in total. The number of β-amino-alcohol motifs (C(OH)–C–C–N with tert-alkyl or cyclic N) is 1. The average molecular weight is 216 g/mol. The number of benzene rings is 1. The zero-order chi connectivity index (χ0) is 11.5. The van der Waals surface area contributed by atoms with Gasteiger partial charge in [-0.1, -0.05) is 6.07 Å². The first-order chi connectivity index (χ1) is 7.70. The van der Waals surface area contributed by atoms with Crippen LogP contribution >= 0.6 is 0 Å². The van der Waals surface area contributed by atoms with Crippen molar-refractivity contribution in [3.8, 4) is 6.07 Å². The molecule has 0 unspecified atom stereocenters. The minimum Gasteiger partial charge on any atom is -0.391 e. The Labute approximate surface area is 93.7 Å². The van der Waals surface area contributed by atoms with E-state index >= 15 is 0 Å². The summed E-state index contributed by atoms with van der Waals surface area (Å²) >= 11 is 0. The lowest BCUT2D eigenvalue weighted by Gasteiger charge is -2.15. The van der Waals surface area contributed by atoms with Gasteiger partial charge in [-0.2, -0.15) is 5.26 Å². The van der Waals surface area contributed by atoms with Crippen LogP contribution in [0.1, 0.15) is 22.3 Å². The van der Waals surface area contributed by atoms with Crippen LogP contribution in [0.4, 0.5) is 0 Å². The van der Waals surface area contributed by atoms with Crippen LogP contribution in [0.25, 0.3) is 0 Å². The normalized spacial score (nSPS) is 19.5. The van der Waals surface area contributed by atoms with Gasteiger partial charge in [0.15, 0.2) is 0 Å². The number of likely N-dealkylation sites (tertiary alicyclic amines) is 1. The van der Waals surface area contributed by atoms with Crippen LogP contribution in [-0.2, 0) is 0 Å². The van der Waals surface area contributed by atoms with Crippen LogP contribution in [0.3, 0.4) is 0 Å². The van der Waals surface area contributed by atoms with Crippen LogP contribution in [0.2, 0.25) is 0 Å². The zero-order valence-corrected chi connectivity index (χ0v) is 8.76. The topological polar surface area (TPSA) is 64.3 Å². The lowest BCUT2D eigenvalue weighted by molar-refractivity contribution is 0.0765. The van der Waals surface area contributed by atoms with E-state index in [0.717, 1.165) is 0 Å². The molecule has 2 rings (SSSR count). The Kier molecular flexibility index (Phi) is 2.88. The minimum absolute atomic E-state index is 0.117. The van der Waals surface area contributed by atoms with E-state index < -0.39 is 6.10 Å². The molecule has 1 aliphatic rings. The summed E-state index contributed by atoms with van der Waals surface area (Å²) in [5.74, 6) is -0.117. The number of hydrogen-bond donors (Lipinski definition) is 1. The van der Waals surface area contributed by atoms with E-state index in [2.05, 4.69) is 0 Å². The van der Waals surface area contributed by atoms with Crippen molar-refractivity contribution in [3.05, 3.63) is 35.4 Å². The fourth-order valence-electron chi connectivity index (χ4n) is 1.83. The molecule has 1 fully saturated rings. The fourth-order valence-corrected chi connectivity index (χ4v) is 1.83. The average Bonchev–Trinajstić information content (AvgIpc) is 2.75. The van der Waals surface area contributed by atoms with Crippen molar-refractivity contribution in [3.63, 3.8) is 0 Å². The summed E-state index contributed by atoms with van der Waals surface area (Å²) in [6, 6.07) is 8.62. The second-order valence-corrected chi connectivity index (χ2v) is 3.89. The number of carbonyl (C=O) groups is 1. The van der Waals surface area contributed by atoms with Gasteiger partial charge in [-0.25, -0.2) is 0 Å². The number of hydrogen-bond acceptors (Lipinski definition) is 3. The van der Waals surface area contributed by atoms with Crippen LogP contribution in [0, 0.1) is 11.3 Å². The fraction of sp³-hybridized carbons (Fsp3) is 0.333. The minimum atomic E-state index is -0.414. The first kappa shape index (κ1) is 10.7. The van der Waals surface area contributed by atoms with Crippen LogP contribution in [-0.4, -0.2) is 35.1 Å². The van der Waals surface area contributed by atoms with Gasteiger partial charge in [0.05, 0.1) is 17.7 Å². The third kappa shape index (κ3) is 2.05. The molecule has 4 nitrogen and oxygen atoms in total. The van der Waals surface area contributed by atoms with Gasteiger partial charge in [0, 0.05) is 18.7 Å². The summed E-state index contributed by atoms with van der Waals surface area (Å²) < 4.78 is 0. The number of aliphatic hydroxyl groups is 1. The van der Waals surface area contributed by atoms with Crippen molar-refractivity contribution in [2.75, 3.05) is 13.1 Å². The van der Waals surface area contributed by atoms with Gasteiger partial charge in [0.1, 0.15) is 0 Å². The lowest BCUT2D eigenvalue weighted by atomic mass is 10.1. The van der Waals surface area contributed by atoms with E-state index in [-0.39, 0.29) is 5.91 Å². The largest absolute Gasteiger partial charge is 0.391 e. The summed E-state index contributed by atoms with van der Waals surface area (Å²) in [4.78, 5) is 13.6. The van der Waals surface area contributed by atoms with Crippen molar-refractivity contribution in [2.24, 2.45) is 0 Å². The molecular weight excluding hydrogens is 204 g/mol. The molecule has 1 atom stereocenters. The highest BCUT2D eigenvalue weighted by molar-refractivity contribution is 5.94. The molecule has 0 aliphatic carbocycles. The van der Waals surface area contributed by atoms with E-state index in [1.807, 2.05) is 6.07 Å². The molecular formula is C12H12N2O2. The van der Waals surface area contributed by atoms with Gasteiger partial charge >= 0.3 is 0 Å². The molecule has 4 heteroatoms. The first-order valence-corrected chi connectivity index (χ1v) is 5.18. The molecule has 16 heavy (non-hydrogen) atoms. The van der Waals surface area contributed by atoms with Crippen molar-refractivity contribution in [1.29, 1.82) is 5.26 Å². The van der Waals surface area contributed by atoms with Crippen LogP contribution in [0.5, 0.6) is 0 Å². The summed E-state index contributed by atoms with van der Waals surface area (Å²) in [5, 5.41) is 18.1. The monoisotopic (exact) mass is 216 g/mol. The molecule has 1 aromatic carbocycles. The van der Waals surface area contributed by atoms with Crippen molar-refractivity contribution >= 4 is 5.91 Å². The number of carbonyl (C=O) groups excluding carboxylic acids is 1. The summed E-state index contributed by atoms with van der Waals surface area (Å²) in [7, 11) is 0. The highest BCUT2D eigenvalue weighted by Crippen LogP contribution is 2.14. The Morgan fingerprint density at radius 1 is 1.56 bits per heavy atom. The number of nitrogens with zero attached hydrogens (tertiary/aromatic N) is 2. The molecule has 82 valence electrons. The zero-order valence-electron chi connectivity index (χ0n) is 8.76. The van der Waals surface area contributed by atoms with E-state index in [4.69, 9.17) is 5.26 Å². The van der Waals surface area contributed by atoms with Gasteiger partial charge in [0.2, 0.25) is 0 Å². The van der Waals surface area contributed by atoms with Gasteiger partial charge < -0.3 is 10.0 Å². The molecule has 1 saturated heterocycles. The van der Waals surface area contributed by atoms with Crippen LogP contribution < -0.4 is 0 Å². The quantitative estimate of drug-likeness (QED) is 0.754. The molecule has 1 amide bonds. The third-order valence-electron chi connectivity index (χ3n) is 2.69. The Bertz CT molecular complexity index is 451. The van der Waals surface area contributed by atoms with Crippen LogP contribution in [0.15, 0.2) is 24.3 Å². The lowest BCUT2D eigenvalue weighted by Crippen LogP contribution is -2.29. The molecule has 0 bridgehead atoms. The molecule has 1 aromatic rings. The Hall–Kier alpha value is -1.86. The Morgan fingerprint density at radius 3 is 3.00 bits per heavy atom. The SMILES string of the molecule is N#Cc1cccc(C(=O)N2CC[C@@H](O)C2)c1. The van der Waals surface area contributed by atoms with Crippen molar-refractivity contribution in [2.45, 2.75) is 12.5 Å². The Morgan fingerprint density at radius 2 is 2.38 bits per heavy atom. The number of rotatable bonds is 1. The van der Waals surface area contributed by atoms with E-state index in [0.29, 0.717) is 30.6 Å². The van der Waals surface area contributed by atoms with Gasteiger partial charge in [0.25, 0.3) is 5.91 Å². The predicted octanol–water partition coefficient (Wildman–Crippen LogP) is 0.765. The van der Waals surface area contributed by atoms with Crippen molar-refractivity contribution < 1.29 is 9.90 Å². The summed E-state index contributed by atoms with van der Waals surface area (Å²) in [6.07, 6.45) is 0.215. The van der Waals surface area contributed by atoms with E-state index in [9.17, 15) is 9.90 Å². The summed E-state index contributed by atoms with van der Waals surface area (Å²) in [5.41, 5.74) is 0.985. The highest BCUT2D eigenvalue weighted by Gasteiger charge is 2.25. The number of nitriles is 1. The summed E-state index contributed by atoms with van der Waals surface area (Å²) in [6.45, 7) is 0.965. The van der Waals surface area contributed by atoms with E-state index in [1.54, 1.807) is 29.2 Å². The molecule has 0 spiro atoms. The molecule has 0 aromatic heterocycles. The predicted molar refractivity (Wildman–Crippen MR) is 57.7 cm³/mol. The van der Waals surface area contributed by atoms with Crippen molar-refractivity contribution in [1.82, 2.24) is 4.90 Å². The van der Waals surface area contributed by atoms with E-state index in [1.165, 1.54) is 0 Å². The number of aliphatic hydroxyl groups excluding tert-OH is 1. The second kappa shape index (κ2) is 4.33. The molecule has 1 aliphatic heterocycles. The maximum absolute atomic E-state index is 12.0. The number of amides is 1. The molecule has 1 heterocycles.